The number of aryl methyl sites for hydroxylation is 1. The molecule has 21 heavy (non-hydrogen) atoms. The Balaban J connectivity index is 1.96. The maximum atomic E-state index is 12.5. The molecule has 2 heterocycles. The van der Waals surface area contributed by atoms with E-state index in [2.05, 4.69) is 11.9 Å². The number of aromatic nitrogens is 2. The van der Waals surface area contributed by atoms with E-state index in [0.29, 0.717) is 13.1 Å². The van der Waals surface area contributed by atoms with Crippen LogP contribution in [-0.2, 0) is 19.5 Å². The fourth-order valence-corrected chi connectivity index (χ4v) is 3.20. The van der Waals surface area contributed by atoms with E-state index in [-0.39, 0.29) is 5.56 Å². The number of nitrogens with two attached hydrogens (primary N) is 1. The number of fused-ring (bicyclic) bond motifs is 1. The van der Waals surface area contributed by atoms with Gasteiger partial charge in [-0.3, -0.25) is 9.36 Å². The molecule has 0 saturated heterocycles. The molecular formula is C16H17N3OS. The third-order valence-corrected chi connectivity index (χ3v) is 4.72. The second-order valence-electron chi connectivity index (χ2n) is 4.98. The summed E-state index contributed by atoms with van der Waals surface area (Å²) in [5, 5.41) is 0.720. The largest absolute Gasteiger partial charge is 0.326 e. The molecular weight excluding hydrogens is 282 g/mol. The third kappa shape index (κ3) is 2.75. The summed E-state index contributed by atoms with van der Waals surface area (Å²) in [5.74, 6) is 0. The molecule has 2 N–H and O–H groups in total. The van der Waals surface area contributed by atoms with Crippen molar-refractivity contribution in [3.8, 4) is 0 Å². The lowest BCUT2D eigenvalue weighted by Crippen LogP contribution is -2.20. The van der Waals surface area contributed by atoms with E-state index in [9.17, 15) is 4.79 Å². The fourth-order valence-electron chi connectivity index (χ4n) is 2.27. The van der Waals surface area contributed by atoms with Gasteiger partial charge < -0.3 is 5.73 Å². The SMILES string of the molecule is CCc1cc2c(=O)n(Cc3ccc(CN)cc3)cnc2s1. The fraction of sp³-hybridized carbons (Fsp3) is 0.250. The highest BCUT2D eigenvalue weighted by atomic mass is 32.1. The van der Waals surface area contributed by atoms with Crippen LogP contribution in [0.3, 0.4) is 0 Å². The van der Waals surface area contributed by atoms with Gasteiger partial charge in [-0.15, -0.1) is 11.3 Å². The molecule has 5 heteroatoms. The topological polar surface area (TPSA) is 60.9 Å². The molecule has 0 radical (unpaired) electrons. The summed E-state index contributed by atoms with van der Waals surface area (Å²) < 4.78 is 1.66. The van der Waals surface area contributed by atoms with Gasteiger partial charge in [0.2, 0.25) is 0 Å². The average molecular weight is 299 g/mol. The number of hydrogen-bond acceptors (Lipinski definition) is 4. The molecule has 3 aromatic rings. The smallest absolute Gasteiger partial charge is 0.262 e. The number of nitrogens with zero attached hydrogens (tertiary/aromatic N) is 2. The zero-order chi connectivity index (χ0) is 14.8. The van der Waals surface area contributed by atoms with Crippen LogP contribution in [0.4, 0.5) is 0 Å². The third-order valence-electron chi connectivity index (χ3n) is 3.53. The number of benzene rings is 1. The number of rotatable bonds is 4. The average Bonchev–Trinajstić information content (AvgIpc) is 2.95. The Morgan fingerprint density at radius 3 is 2.62 bits per heavy atom. The summed E-state index contributed by atoms with van der Waals surface area (Å²) in [6, 6.07) is 9.95. The van der Waals surface area contributed by atoms with Gasteiger partial charge in [0, 0.05) is 11.4 Å². The highest BCUT2D eigenvalue weighted by Crippen LogP contribution is 2.21. The van der Waals surface area contributed by atoms with E-state index < -0.39 is 0 Å². The van der Waals surface area contributed by atoms with E-state index in [1.807, 2.05) is 30.3 Å². The molecule has 1 aromatic carbocycles. The van der Waals surface area contributed by atoms with E-state index in [4.69, 9.17) is 5.73 Å². The first kappa shape index (κ1) is 14.0. The Morgan fingerprint density at radius 1 is 1.24 bits per heavy atom. The summed E-state index contributed by atoms with van der Waals surface area (Å²) in [4.78, 5) is 18.9. The number of thiophene rings is 1. The lowest BCUT2D eigenvalue weighted by Gasteiger charge is -2.06. The predicted molar refractivity (Wildman–Crippen MR) is 86.7 cm³/mol. The first-order valence-electron chi connectivity index (χ1n) is 6.97. The molecule has 0 aliphatic heterocycles. The van der Waals surface area contributed by atoms with Crippen molar-refractivity contribution in [1.29, 1.82) is 0 Å². The normalized spacial score (nSPS) is 11.1. The maximum absolute atomic E-state index is 12.5. The molecule has 4 nitrogen and oxygen atoms in total. The van der Waals surface area contributed by atoms with Crippen LogP contribution < -0.4 is 11.3 Å². The molecule has 108 valence electrons. The van der Waals surface area contributed by atoms with Gasteiger partial charge in [0.25, 0.3) is 5.56 Å². The molecule has 0 spiro atoms. The Labute approximate surface area is 126 Å². The van der Waals surface area contributed by atoms with Crippen molar-refractivity contribution in [2.24, 2.45) is 5.73 Å². The summed E-state index contributed by atoms with van der Waals surface area (Å²) in [5.41, 5.74) is 7.78. The summed E-state index contributed by atoms with van der Waals surface area (Å²) in [7, 11) is 0. The van der Waals surface area contributed by atoms with Gasteiger partial charge in [-0.2, -0.15) is 0 Å². The molecule has 3 rings (SSSR count). The van der Waals surface area contributed by atoms with Crippen LogP contribution in [0.25, 0.3) is 10.2 Å². The van der Waals surface area contributed by atoms with Gasteiger partial charge in [0.15, 0.2) is 0 Å². The molecule has 0 aliphatic rings. The van der Waals surface area contributed by atoms with Gasteiger partial charge in [0.05, 0.1) is 18.3 Å². The van der Waals surface area contributed by atoms with Crippen molar-refractivity contribution in [3.63, 3.8) is 0 Å². The quantitative estimate of drug-likeness (QED) is 0.805. The van der Waals surface area contributed by atoms with Crippen LogP contribution in [0.15, 0.2) is 41.5 Å². The van der Waals surface area contributed by atoms with Crippen molar-refractivity contribution in [2.45, 2.75) is 26.4 Å². The van der Waals surface area contributed by atoms with E-state index in [0.717, 1.165) is 27.8 Å². The lowest BCUT2D eigenvalue weighted by atomic mass is 10.1. The summed E-state index contributed by atoms with van der Waals surface area (Å²) >= 11 is 1.59. The van der Waals surface area contributed by atoms with Gasteiger partial charge in [-0.05, 0) is 23.6 Å². The Morgan fingerprint density at radius 2 is 1.95 bits per heavy atom. The van der Waals surface area contributed by atoms with Crippen molar-refractivity contribution in [1.82, 2.24) is 9.55 Å². The molecule has 0 bridgehead atoms. The standard InChI is InChI=1S/C16H17N3OS/c1-2-13-7-14-15(21-13)18-10-19(16(14)20)9-12-5-3-11(8-17)4-6-12/h3-7,10H,2,8-9,17H2,1H3. The minimum absolute atomic E-state index is 0.0267. The minimum Gasteiger partial charge on any atom is -0.326 e. The monoisotopic (exact) mass is 299 g/mol. The Bertz CT molecular complexity index is 818. The van der Waals surface area contributed by atoms with Gasteiger partial charge >= 0.3 is 0 Å². The predicted octanol–water partition coefficient (Wildman–Crippen LogP) is 2.53. The van der Waals surface area contributed by atoms with E-state index >= 15 is 0 Å². The van der Waals surface area contributed by atoms with Crippen LogP contribution >= 0.6 is 11.3 Å². The molecule has 2 aromatic heterocycles. The second-order valence-corrected chi connectivity index (χ2v) is 6.10. The summed E-state index contributed by atoms with van der Waals surface area (Å²) in [6.07, 6.45) is 2.57. The Kier molecular flexibility index (Phi) is 3.86. The van der Waals surface area contributed by atoms with Crippen molar-refractivity contribution >= 4 is 21.6 Å². The minimum atomic E-state index is 0.0267. The highest BCUT2D eigenvalue weighted by Gasteiger charge is 2.08. The van der Waals surface area contributed by atoms with Gasteiger partial charge in [-0.25, -0.2) is 4.98 Å². The molecule has 0 amide bonds. The van der Waals surface area contributed by atoms with Crippen LogP contribution in [0.2, 0.25) is 0 Å². The zero-order valence-electron chi connectivity index (χ0n) is 11.9. The second kappa shape index (κ2) is 5.79. The molecule has 0 unspecified atom stereocenters. The van der Waals surface area contributed by atoms with Gasteiger partial charge in [-0.1, -0.05) is 31.2 Å². The molecule has 0 atom stereocenters. The van der Waals surface area contributed by atoms with Crippen LogP contribution in [0.1, 0.15) is 22.9 Å². The zero-order valence-corrected chi connectivity index (χ0v) is 12.7. The van der Waals surface area contributed by atoms with E-state index in [1.165, 1.54) is 4.88 Å². The molecule has 0 aliphatic carbocycles. The highest BCUT2D eigenvalue weighted by molar-refractivity contribution is 7.18. The van der Waals surface area contributed by atoms with Crippen LogP contribution in [-0.4, -0.2) is 9.55 Å². The van der Waals surface area contributed by atoms with E-state index in [1.54, 1.807) is 22.2 Å². The lowest BCUT2D eigenvalue weighted by molar-refractivity contribution is 0.749. The van der Waals surface area contributed by atoms with Crippen molar-refractivity contribution in [3.05, 3.63) is 63.0 Å². The Hall–Kier alpha value is -1.98. The van der Waals surface area contributed by atoms with Crippen LogP contribution in [0, 0.1) is 0 Å². The number of hydrogen-bond donors (Lipinski definition) is 1. The van der Waals surface area contributed by atoms with Crippen molar-refractivity contribution < 1.29 is 0 Å². The summed E-state index contributed by atoms with van der Waals surface area (Å²) in [6.45, 7) is 3.15. The molecule has 0 fully saturated rings. The van der Waals surface area contributed by atoms with Crippen molar-refractivity contribution in [2.75, 3.05) is 0 Å². The first-order chi connectivity index (χ1) is 10.2. The van der Waals surface area contributed by atoms with Crippen LogP contribution in [0.5, 0.6) is 0 Å². The maximum Gasteiger partial charge on any atom is 0.262 e. The molecule has 0 saturated carbocycles. The van der Waals surface area contributed by atoms with Gasteiger partial charge in [0.1, 0.15) is 4.83 Å². The first-order valence-corrected chi connectivity index (χ1v) is 7.78.